The second-order valence-electron chi connectivity index (χ2n) is 6.72. The molecule has 20 heavy (non-hydrogen) atoms. The van der Waals surface area contributed by atoms with Crippen LogP contribution in [0.15, 0.2) is 22.7 Å². The van der Waals surface area contributed by atoms with E-state index in [-0.39, 0.29) is 0 Å². The predicted molar refractivity (Wildman–Crippen MR) is 91.5 cm³/mol. The summed E-state index contributed by atoms with van der Waals surface area (Å²) in [5.74, 6) is 0. The molecular formula is C17H27BrN2. The van der Waals surface area contributed by atoms with Crippen molar-refractivity contribution < 1.29 is 0 Å². The highest BCUT2D eigenvalue weighted by Crippen LogP contribution is 2.35. The lowest BCUT2D eigenvalue weighted by Crippen LogP contribution is -2.27. The van der Waals surface area contributed by atoms with Crippen molar-refractivity contribution in [1.82, 2.24) is 5.32 Å². The largest absolute Gasteiger partial charge is 0.371 e. The normalized spacial score (nSPS) is 20.6. The van der Waals surface area contributed by atoms with Gasteiger partial charge in [0.05, 0.1) is 0 Å². The van der Waals surface area contributed by atoms with E-state index in [0.717, 1.165) is 11.0 Å². The zero-order chi connectivity index (χ0) is 14.8. The van der Waals surface area contributed by atoms with Gasteiger partial charge in [0.25, 0.3) is 0 Å². The Morgan fingerprint density at radius 2 is 2.00 bits per heavy atom. The van der Waals surface area contributed by atoms with Crippen LogP contribution in [-0.2, 0) is 0 Å². The summed E-state index contributed by atoms with van der Waals surface area (Å²) >= 11 is 3.61. The number of anilines is 1. The van der Waals surface area contributed by atoms with Crippen LogP contribution >= 0.6 is 15.9 Å². The van der Waals surface area contributed by atoms with Crippen LogP contribution in [0, 0.1) is 5.41 Å². The fourth-order valence-corrected chi connectivity index (χ4v) is 3.36. The van der Waals surface area contributed by atoms with E-state index >= 15 is 0 Å². The van der Waals surface area contributed by atoms with Crippen molar-refractivity contribution in [1.29, 1.82) is 0 Å². The van der Waals surface area contributed by atoms with Crippen LogP contribution in [0.3, 0.4) is 0 Å². The summed E-state index contributed by atoms with van der Waals surface area (Å²) in [5.41, 5.74) is 3.27. The van der Waals surface area contributed by atoms with E-state index in [2.05, 4.69) is 65.1 Å². The predicted octanol–water partition coefficient (Wildman–Crippen LogP) is 4.75. The first-order valence-corrected chi connectivity index (χ1v) is 8.44. The van der Waals surface area contributed by atoms with Gasteiger partial charge in [0.1, 0.15) is 0 Å². The van der Waals surface area contributed by atoms with Crippen LogP contribution in [0.5, 0.6) is 0 Å². The van der Waals surface area contributed by atoms with Gasteiger partial charge in [-0.3, -0.25) is 0 Å². The molecule has 0 amide bonds. The van der Waals surface area contributed by atoms with E-state index in [1.807, 2.05) is 7.05 Å². The molecule has 0 spiro atoms. The molecule has 2 rings (SSSR count). The van der Waals surface area contributed by atoms with Gasteiger partial charge in [-0.2, -0.15) is 0 Å². The Morgan fingerprint density at radius 1 is 1.25 bits per heavy atom. The Labute approximate surface area is 132 Å². The van der Waals surface area contributed by atoms with Gasteiger partial charge in [-0.1, -0.05) is 29.8 Å². The lowest BCUT2D eigenvalue weighted by Gasteiger charge is -2.28. The van der Waals surface area contributed by atoms with Crippen LogP contribution in [0.1, 0.15) is 51.6 Å². The maximum Gasteiger partial charge on any atom is 0.0415 e. The zero-order valence-corrected chi connectivity index (χ0v) is 14.8. The molecule has 112 valence electrons. The fraction of sp³-hybridized carbons (Fsp3) is 0.647. The Kier molecular flexibility index (Phi) is 5.14. The van der Waals surface area contributed by atoms with Gasteiger partial charge < -0.3 is 10.2 Å². The van der Waals surface area contributed by atoms with Crippen LogP contribution in [0.4, 0.5) is 5.69 Å². The Balaban J connectivity index is 2.27. The maximum absolute atomic E-state index is 3.61. The monoisotopic (exact) mass is 338 g/mol. The van der Waals surface area contributed by atoms with Gasteiger partial charge >= 0.3 is 0 Å². The van der Waals surface area contributed by atoms with Gasteiger partial charge in [-0.25, -0.2) is 0 Å². The molecule has 0 radical (unpaired) electrons. The molecule has 2 nitrogen and oxygen atoms in total. The molecule has 0 aliphatic carbocycles. The number of hydrogen-bond donors (Lipinski definition) is 1. The van der Waals surface area contributed by atoms with Crippen molar-refractivity contribution in [3.63, 3.8) is 0 Å². The zero-order valence-electron chi connectivity index (χ0n) is 13.2. The van der Waals surface area contributed by atoms with E-state index in [9.17, 15) is 0 Å². The molecular weight excluding hydrogens is 312 g/mol. The first-order valence-electron chi connectivity index (χ1n) is 7.64. The van der Waals surface area contributed by atoms with Crippen molar-refractivity contribution in [2.24, 2.45) is 5.41 Å². The fourth-order valence-electron chi connectivity index (χ4n) is 2.98. The van der Waals surface area contributed by atoms with Gasteiger partial charge in [-0.15, -0.1) is 0 Å². The lowest BCUT2D eigenvalue weighted by molar-refractivity contribution is 0.325. The minimum absolute atomic E-state index is 0.374. The molecule has 1 N–H and O–H groups in total. The highest BCUT2D eigenvalue weighted by molar-refractivity contribution is 9.10. The van der Waals surface area contributed by atoms with Crippen LogP contribution in [0.25, 0.3) is 0 Å². The van der Waals surface area contributed by atoms with Gasteiger partial charge in [0, 0.05) is 29.3 Å². The molecule has 1 saturated heterocycles. The van der Waals surface area contributed by atoms with Crippen LogP contribution in [-0.4, -0.2) is 20.1 Å². The third kappa shape index (κ3) is 3.76. The van der Waals surface area contributed by atoms with Crippen molar-refractivity contribution in [3.8, 4) is 0 Å². The highest BCUT2D eigenvalue weighted by Gasteiger charge is 2.24. The lowest BCUT2D eigenvalue weighted by atomic mass is 9.85. The number of nitrogens with zero attached hydrogens (tertiary/aromatic N) is 1. The molecule has 1 aliphatic heterocycles. The molecule has 1 atom stereocenters. The van der Waals surface area contributed by atoms with Gasteiger partial charge in [0.2, 0.25) is 0 Å². The number of halogens is 1. The molecule has 1 aliphatic rings. The first-order chi connectivity index (χ1) is 9.43. The average Bonchev–Trinajstić information content (AvgIpc) is 2.59. The Hall–Kier alpha value is -0.540. The Bertz CT molecular complexity index is 456. The maximum atomic E-state index is 3.61. The molecule has 0 aromatic heterocycles. The van der Waals surface area contributed by atoms with E-state index in [1.54, 1.807) is 0 Å². The summed E-state index contributed by atoms with van der Waals surface area (Å²) in [5, 5.41) is 3.37. The summed E-state index contributed by atoms with van der Waals surface area (Å²) in [6.45, 7) is 9.37. The Morgan fingerprint density at radius 3 is 2.70 bits per heavy atom. The number of hydrogen-bond acceptors (Lipinski definition) is 2. The average molecular weight is 339 g/mol. The number of nitrogens with one attached hydrogen (secondary N) is 1. The summed E-state index contributed by atoms with van der Waals surface area (Å²) in [6.07, 6.45) is 3.89. The van der Waals surface area contributed by atoms with E-state index in [4.69, 9.17) is 0 Å². The first kappa shape index (κ1) is 15.8. The van der Waals surface area contributed by atoms with Crippen LogP contribution < -0.4 is 10.2 Å². The molecule has 1 unspecified atom stereocenters. The van der Waals surface area contributed by atoms with E-state index < -0.39 is 0 Å². The molecule has 1 aromatic carbocycles. The third-order valence-corrected chi connectivity index (χ3v) is 5.06. The van der Waals surface area contributed by atoms with Crippen molar-refractivity contribution >= 4 is 21.6 Å². The number of benzene rings is 1. The van der Waals surface area contributed by atoms with Gasteiger partial charge in [-0.05, 0) is 62.4 Å². The van der Waals surface area contributed by atoms with Crippen molar-refractivity contribution in [2.75, 3.05) is 25.0 Å². The minimum atomic E-state index is 0.374. The quantitative estimate of drug-likeness (QED) is 0.855. The van der Waals surface area contributed by atoms with Crippen molar-refractivity contribution in [3.05, 3.63) is 28.2 Å². The van der Waals surface area contributed by atoms with E-state index in [1.165, 1.54) is 37.1 Å². The molecule has 0 saturated carbocycles. The van der Waals surface area contributed by atoms with Gasteiger partial charge in [0.15, 0.2) is 0 Å². The smallest absolute Gasteiger partial charge is 0.0415 e. The summed E-state index contributed by atoms with van der Waals surface area (Å²) < 4.78 is 1.16. The second kappa shape index (κ2) is 6.48. The third-order valence-electron chi connectivity index (χ3n) is 4.57. The highest BCUT2D eigenvalue weighted by atomic mass is 79.9. The molecule has 0 bridgehead atoms. The topological polar surface area (TPSA) is 15.3 Å². The van der Waals surface area contributed by atoms with E-state index in [0.29, 0.717) is 11.5 Å². The standard InChI is InChI=1S/C17H27BrN2/c1-13(19-4)15-12-14(18)6-7-16(15)20-10-5-8-17(2,3)9-11-20/h6-7,12-13,19H,5,8-11H2,1-4H3. The minimum Gasteiger partial charge on any atom is -0.371 e. The summed E-state index contributed by atoms with van der Waals surface area (Å²) in [7, 11) is 2.03. The SMILES string of the molecule is CNC(C)c1cc(Br)ccc1N1CCCC(C)(C)CC1. The van der Waals surface area contributed by atoms with Crippen molar-refractivity contribution in [2.45, 2.75) is 46.1 Å². The number of rotatable bonds is 3. The molecule has 1 heterocycles. The summed E-state index contributed by atoms with van der Waals surface area (Å²) in [4.78, 5) is 2.57. The molecule has 1 fully saturated rings. The summed E-state index contributed by atoms with van der Waals surface area (Å²) in [6, 6.07) is 7.06. The molecule has 3 heteroatoms. The second-order valence-corrected chi connectivity index (χ2v) is 7.63. The van der Waals surface area contributed by atoms with Crippen LogP contribution in [0.2, 0.25) is 0 Å². The molecule has 1 aromatic rings.